The highest BCUT2D eigenvalue weighted by molar-refractivity contribution is 6.32. The third-order valence-electron chi connectivity index (χ3n) is 4.34. The second-order valence-corrected chi connectivity index (χ2v) is 6.71. The van der Waals surface area contributed by atoms with Gasteiger partial charge in [0.05, 0.1) is 5.02 Å². The van der Waals surface area contributed by atoms with Crippen molar-refractivity contribution in [3.05, 3.63) is 28.8 Å². The molecule has 24 heavy (non-hydrogen) atoms. The number of piperidine rings is 1. The lowest BCUT2D eigenvalue weighted by Crippen LogP contribution is -2.49. The predicted octanol–water partition coefficient (Wildman–Crippen LogP) is 3.66. The van der Waals surface area contributed by atoms with Crippen molar-refractivity contribution in [1.29, 1.82) is 0 Å². The van der Waals surface area contributed by atoms with Crippen LogP contribution in [0, 0.1) is 6.92 Å². The number of hydrogen-bond acceptors (Lipinski definition) is 3. The Morgan fingerprint density at radius 2 is 2.17 bits per heavy atom. The van der Waals surface area contributed by atoms with Crippen molar-refractivity contribution < 1.29 is 19.4 Å². The van der Waals surface area contributed by atoms with Gasteiger partial charge in [0.25, 0.3) is 5.91 Å². The van der Waals surface area contributed by atoms with Crippen molar-refractivity contribution in [3.63, 3.8) is 0 Å². The maximum atomic E-state index is 12.8. The molecule has 1 N–H and O–H groups in total. The Hall–Kier alpha value is -1.75. The number of carboxylic acid groups (broad SMARTS) is 1. The molecule has 2 unspecified atom stereocenters. The monoisotopic (exact) mass is 353 g/mol. The molecule has 0 bridgehead atoms. The minimum atomic E-state index is -0.830. The molecule has 5 nitrogen and oxygen atoms in total. The maximum absolute atomic E-state index is 12.8. The second-order valence-electron chi connectivity index (χ2n) is 6.31. The summed E-state index contributed by atoms with van der Waals surface area (Å²) in [6.45, 7) is 4.30. The fourth-order valence-electron chi connectivity index (χ4n) is 3.06. The van der Waals surface area contributed by atoms with Crippen LogP contribution in [0.1, 0.15) is 44.6 Å². The molecule has 0 radical (unpaired) electrons. The number of halogens is 1. The van der Waals surface area contributed by atoms with Gasteiger partial charge < -0.3 is 14.7 Å². The number of carbonyl (C=O) groups is 2. The third kappa shape index (κ3) is 4.87. The normalized spacial score (nSPS) is 19.0. The van der Waals surface area contributed by atoms with E-state index in [1.54, 1.807) is 17.9 Å². The number of amides is 1. The smallest absolute Gasteiger partial charge is 0.303 e. The van der Waals surface area contributed by atoms with Crippen LogP contribution in [0.5, 0.6) is 5.75 Å². The molecule has 6 heteroatoms. The van der Waals surface area contributed by atoms with E-state index in [9.17, 15) is 9.59 Å². The van der Waals surface area contributed by atoms with E-state index < -0.39 is 12.1 Å². The summed E-state index contributed by atoms with van der Waals surface area (Å²) in [7, 11) is 0. The largest absolute Gasteiger partial charge is 0.481 e. The molecule has 0 spiro atoms. The fraction of sp³-hybridized carbons (Fsp3) is 0.556. The van der Waals surface area contributed by atoms with Crippen LogP contribution < -0.4 is 4.74 Å². The number of ether oxygens (including phenoxy) is 1. The molecule has 1 aromatic rings. The zero-order chi connectivity index (χ0) is 17.7. The van der Waals surface area contributed by atoms with Gasteiger partial charge in [-0.2, -0.15) is 0 Å². The quantitative estimate of drug-likeness (QED) is 0.847. The van der Waals surface area contributed by atoms with Gasteiger partial charge in [-0.05, 0) is 57.2 Å². The molecule has 1 aliphatic heterocycles. The number of nitrogens with zero attached hydrogens (tertiary/aromatic N) is 1. The summed E-state index contributed by atoms with van der Waals surface area (Å²) < 4.78 is 5.78. The van der Waals surface area contributed by atoms with Crippen LogP contribution in [0.4, 0.5) is 0 Å². The van der Waals surface area contributed by atoms with E-state index in [0.29, 0.717) is 23.7 Å². The summed E-state index contributed by atoms with van der Waals surface area (Å²) in [5.41, 5.74) is 1.01. The van der Waals surface area contributed by atoms with Crippen LogP contribution in [-0.4, -0.2) is 40.6 Å². The van der Waals surface area contributed by atoms with Gasteiger partial charge in [-0.15, -0.1) is 0 Å². The number of aliphatic carboxylic acids is 1. The first-order valence-corrected chi connectivity index (χ1v) is 8.71. The first-order chi connectivity index (χ1) is 11.4. The van der Waals surface area contributed by atoms with Gasteiger partial charge in [0.1, 0.15) is 5.75 Å². The predicted molar refractivity (Wildman–Crippen MR) is 92.5 cm³/mol. The fourth-order valence-corrected chi connectivity index (χ4v) is 3.22. The van der Waals surface area contributed by atoms with Gasteiger partial charge in [-0.1, -0.05) is 17.7 Å². The SMILES string of the molecule is Cc1ccc(Cl)c(OC(C)C(=O)N2CCCCC2CCC(=O)O)c1. The first-order valence-electron chi connectivity index (χ1n) is 8.33. The summed E-state index contributed by atoms with van der Waals surface area (Å²) >= 11 is 6.13. The molecule has 1 aliphatic rings. The van der Waals surface area contributed by atoms with Crippen LogP contribution in [0.2, 0.25) is 5.02 Å². The van der Waals surface area contributed by atoms with Crippen LogP contribution >= 0.6 is 11.6 Å². The van der Waals surface area contributed by atoms with E-state index in [-0.39, 0.29) is 18.4 Å². The summed E-state index contributed by atoms with van der Waals surface area (Å²) in [6.07, 6.45) is 2.71. The van der Waals surface area contributed by atoms with Gasteiger partial charge in [-0.3, -0.25) is 9.59 Å². The van der Waals surface area contributed by atoms with Crippen LogP contribution in [0.25, 0.3) is 0 Å². The van der Waals surface area contributed by atoms with E-state index >= 15 is 0 Å². The maximum Gasteiger partial charge on any atom is 0.303 e. The standard InChI is InChI=1S/C18H24ClNO4/c1-12-6-8-15(19)16(11-12)24-13(2)18(23)20-10-4-3-5-14(20)7-9-17(21)22/h6,8,11,13-14H,3-5,7,9-10H2,1-2H3,(H,21,22). The molecule has 132 valence electrons. The molecule has 1 aromatic carbocycles. The minimum Gasteiger partial charge on any atom is -0.481 e. The van der Waals surface area contributed by atoms with E-state index in [2.05, 4.69) is 0 Å². The van der Waals surface area contributed by atoms with Crippen molar-refractivity contribution in [3.8, 4) is 5.75 Å². The number of carbonyl (C=O) groups excluding carboxylic acids is 1. The number of benzene rings is 1. The summed E-state index contributed by atoms with van der Waals surface area (Å²) in [6, 6.07) is 5.42. The molecule has 2 rings (SSSR count). The average molecular weight is 354 g/mol. The molecule has 1 heterocycles. The van der Waals surface area contributed by atoms with Gasteiger partial charge in [0.15, 0.2) is 6.10 Å². The van der Waals surface area contributed by atoms with E-state index in [1.165, 1.54) is 0 Å². The van der Waals surface area contributed by atoms with Crippen molar-refractivity contribution in [2.75, 3.05) is 6.54 Å². The van der Waals surface area contributed by atoms with E-state index in [1.807, 2.05) is 19.1 Å². The second kappa shape index (κ2) is 8.38. The zero-order valence-corrected chi connectivity index (χ0v) is 14.9. The number of carboxylic acids is 1. The number of likely N-dealkylation sites (tertiary alicyclic amines) is 1. The average Bonchev–Trinajstić information content (AvgIpc) is 2.55. The van der Waals surface area contributed by atoms with Crippen molar-refractivity contribution in [1.82, 2.24) is 4.90 Å². The lowest BCUT2D eigenvalue weighted by atomic mass is 9.97. The molecule has 0 aromatic heterocycles. The Bertz CT molecular complexity index is 605. The summed E-state index contributed by atoms with van der Waals surface area (Å²) in [4.78, 5) is 25.4. The molecular weight excluding hydrogens is 330 g/mol. The van der Waals surface area contributed by atoms with Gasteiger partial charge in [-0.25, -0.2) is 0 Å². The van der Waals surface area contributed by atoms with E-state index in [0.717, 1.165) is 24.8 Å². The van der Waals surface area contributed by atoms with Crippen LogP contribution in [0.3, 0.4) is 0 Å². The van der Waals surface area contributed by atoms with Crippen molar-refractivity contribution in [2.45, 2.75) is 58.1 Å². The van der Waals surface area contributed by atoms with Gasteiger partial charge in [0.2, 0.25) is 0 Å². The highest BCUT2D eigenvalue weighted by Gasteiger charge is 2.31. The summed E-state index contributed by atoms with van der Waals surface area (Å²) in [5.74, 6) is -0.442. The highest BCUT2D eigenvalue weighted by Crippen LogP contribution is 2.28. The molecule has 1 amide bonds. The number of hydrogen-bond donors (Lipinski definition) is 1. The molecule has 1 fully saturated rings. The highest BCUT2D eigenvalue weighted by atomic mass is 35.5. The molecule has 2 atom stereocenters. The minimum absolute atomic E-state index is 0.0265. The Labute approximate surface area is 147 Å². The Morgan fingerprint density at radius 1 is 1.42 bits per heavy atom. The third-order valence-corrected chi connectivity index (χ3v) is 4.65. The number of rotatable bonds is 6. The molecule has 1 saturated heterocycles. The van der Waals surface area contributed by atoms with Gasteiger partial charge >= 0.3 is 5.97 Å². The van der Waals surface area contributed by atoms with Crippen molar-refractivity contribution >= 4 is 23.5 Å². The Balaban J connectivity index is 2.04. The van der Waals surface area contributed by atoms with Crippen LogP contribution in [-0.2, 0) is 9.59 Å². The lowest BCUT2D eigenvalue weighted by molar-refractivity contribution is -0.144. The molecular formula is C18H24ClNO4. The first kappa shape index (κ1) is 18.6. The van der Waals surface area contributed by atoms with Crippen molar-refractivity contribution in [2.24, 2.45) is 0 Å². The molecule has 0 saturated carbocycles. The van der Waals surface area contributed by atoms with Gasteiger partial charge in [0, 0.05) is 19.0 Å². The Kier molecular flexibility index (Phi) is 6.49. The topological polar surface area (TPSA) is 66.8 Å². The van der Waals surface area contributed by atoms with Crippen LogP contribution in [0.15, 0.2) is 18.2 Å². The zero-order valence-electron chi connectivity index (χ0n) is 14.1. The number of aryl methyl sites for hydroxylation is 1. The lowest BCUT2D eigenvalue weighted by Gasteiger charge is -2.37. The Morgan fingerprint density at radius 3 is 2.88 bits per heavy atom. The molecule has 0 aliphatic carbocycles. The van der Waals surface area contributed by atoms with E-state index in [4.69, 9.17) is 21.4 Å². The summed E-state index contributed by atoms with van der Waals surface area (Å²) in [5, 5.41) is 9.36.